The van der Waals surface area contributed by atoms with Crippen molar-refractivity contribution < 1.29 is 22.4 Å². The minimum Gasteiger partial charge on any atom is -0.467 e. The Kier molecular flexibility index (Phi) is 8.55. The molecule has 0 aliphatic rings. The van der Waals surface area contributed by atoms with Crippen LogP contribution >= 0.6 is 11.8 Å². The molecule has 0 radical (unpaired) electrons. The second-order valence-corrected chi connectivity index (χ2v) is 10.9. The molecule has 3 aromatic carbocycles. The van der Waals surface area contributed by atoms with Gasteiger partial charge in [-0.2, -0.15) is 0 Å². The fourth-order valence-corrected chi connectivity index (χ4v) is 5.69. The second-order valence-electron chi connectivity index (χ2n) is 8.15. The average Bonchev–Trinajstić information content (AvgIpc) is 3.46. The van der Waals surface area contributed by atoms with Crippen LogP contribution < -0.4 is 14.9 Å². The van der Waals surface area contributed by atoms with Gasteiger partial charge in [0.1, 0.15) is 5.76 Å². The van der Waals surface area contributed by atoms with Gasteiger partial charge in [-0.1, -0.05) is 12.1 Å². The van der Waals surface area contributed by atoms with E-state index < -0.39 is 15.9 Å². The highest BCUT2D eigenvalue weighted by molar-refractivity contribution is 7.98. The number of rotatable bonds is 10. The van der Waals surface area contributed by atoms with E-state index in [1.165, 1.54) is 22.3 Å². The lowest BCUT2D eigenvalue weighted by Gasteiger charge is -2.23. The summed E-state index contributed by atoms with van der Waals surface area (Å²) in [6.07, 6.45) is 3.45. The third-order valence-electron chi connectivity index (χ3n) is 5.78. The molecular formula is C28H27N3O5S2. The van der Waals surface area contributed by atoms with E-state index in [0.717, 1.165) is 4.90 Å². The largest absolute Gasteiger partial charge is 0.467 e. The molecule has 0 aliphatic heterocycles. The summed E-state index contributed by atoms with van der Waals surface area (Å²) < 4.78 is 33.0. The Morgan fingerprint density at radius 3 is 2.24 bits per heavy atom. The first-order valence-electron chi connectivity index (χ1n) is 11.8. The van der Waals surface area contributed by atoms with E-state index >= 15 is 0 Å². The molecule has 4 rings (SSSR count). The third kappa shape index (κ3) is 6.09. The van der Waals surface area contributed by atoms with Crippen molar-refractivity contribution in [3.63, 3.8) is 0 Å². The van der Waals surface area contributed by atoms with E-state index in [9.17, 15) is 18.0 Å². The summed E-state index contributed by atoms with van der Waals surface area (Å²) in [5.41, 5.74) is 1.41. The quantitative estimate of drug-likeness (QED) is 0.257. The summed E-state index contributed by atoms with van der Waals surface area (Å²) in [5, 5.41) is 5.54. The van der Waals surface area contributed by atoms with E-state index in [4.69, 9.17) is 4.42 Å². The highest BCUT2D eigenvalue weighted by atomic mass is 32.2. The molecule has 196 valence electrons. The fraction of sp³-hybridized carbons (Fsp3) is 0.143. The summed E-state index contributed by atoms with van der Waals surface area (Å²) in [7, 11) is -3.78. The molecule has 0 spiro atoms. The van der Waals surface area contributed by atoms with Gasteiger partial charge in [-0.3, -0.25) is 13.9 Å². The predicted molar refractivity (Wildman–Crippen MR) is 149 cm³/mol. The van der Waals surface area contributed by atoms with Gasteiger partial charge in [0.2, 0.25) is 0 Å². The zero-order valence-electron chi connectivity index (χ0n) is 20.9. The number of nitrogens with zero attached hydrogens (tertiary/aromatic N) is 1. The molecule has 0 atom stereocenters. The van der Waals surface area contributed by atoms with E-state index in [2.05, 4.69) is 10.6 Å². The van der Waals surface area contributed by atoms with Gasteiger partial charge in [0.25, 0.3) is 21.8 Å². The van der Waals surface area contributed by atoms with E-state index in [1.807, 2.05) is 6.26 Å². The molecule has 0 unspecified atom stereocenters. The molecule has 2 N–H and O–H groups in total. The van der Waals surface area contributed by atoms with Crippen molar-refractivity contribution in [2.45, 2.75) is 23.3 Å². The van der Waals surface area contributed by atoms with Crippen molar-refractivity contribution >= 4 is 45.0 Å². The van der Waals surface area contributed by atoms with Crippen LogP contribution in [0.4, 0.5) is 11.4 Å². The summed E-state index contributed by atoms with van der Waals surface area (Å²) in [4.78, 5) is 26.8. The van der Waals surface area contributed by atoms with Gasteiger partial charge in [-0.25, -0.2) is 8.42 Å². The first-order valence-corrected chi connectivity index (χ1v) is 14.5. The first kappa shape index (κ1) is 27.0. The molecular weight excluding hydrogens is 522 g/mol. The van der Waals surface area contributed by atoms with Crippen LogP contribution in [0, 0.1) is 0 Å². The SMILES string of the molecule is CCN(c1ccc(C(=O)Nc2ccccc2C(=O)NCc2ccco2)cc1)S(=O)(=O)c1ccc(SC)cc1. The Labute approximate surface area is 226 Å². The number of para-hydroxylation sites is 1. The number of thioether (sulfide) groups is 1. The molecule has 0 aliphatic carbocycles. The molecule has 0 saturated heterocycles. The number of nitrogens with one attached hydrogen (secondary N) is 2. The Morgan fingerprint density at radius 2 is 1.61 bits per heavy atom. The zero-order valence-corrected chi connectivity index (χ0v) is 22.5. The van der Waals surface area contributed by atoms with Crippen LogP contribution in [-0.2, 0) is 16.6 Å². The van der Waals surface area contributed by atoms with Gasteiger partial charge in [0.15, 0.2) is 0 Å². The minimum atomic E-state index is -3.78. The molecule has 1 aromatic heterocycles. The summed E-state index contributed by atoms with van der Waals surface area (Å²) in [6, 6.07) is 23.2. The third-order valence-corrected chi connectivity index (χ3v) is 8.44. The molecule has 1 heterocycles. The fourth-order valence-electron chi connectivity index (χ4n) is 3.81. The van der Waals surface area contributed by atoms with Crippen LogP contribution in [0.2, 0.25) is 0 Å². The number of sulfonamides is 1. The maximum absolute atomic E-state index is 13.2. The van der Waals surface area contributed by atoms with Crippen LogP contribution in [0.1, 0.15) is 33.4 Å². The monoisotopic (exact) mass is 549 g/mol. The topological polar surface area (TPSA) is 109 Å². The van der Waals surface area contributed by atoms with Gasteiger partial charge in [0.05, 0.1) is 34.6 Å². The lowest BCUT2D eigenvalue weighted by molar-refractivity contribution is 0.0949. The highest BCUT2D eigenvalue weighted by Gasteiger charge is 2.24. The number of benzene rings is 3. The molecule has 8 nitrogen and oxygen atoms in total. The molecule has 0 bridgehead atoms. The lowest BCUT2D eigenvalue weighted by atomic mass is 10.1. The smallest absolute Gasteiger partial charge is 0.264 e. The molecule has 4 aromatic rings. The minimum absolute atomic E-state index is 0.195. The normalized spacial score (nSPS) is 11.1. The maximum Gasteiger partial charge on any atom is 0.264 e. The van der Waals surface area contributed by atoms with E-state index in [1.54, 1.807) is 91.9 Å². The van der Waals surface area contributed by atoms with Crippen LogP contribution in [0.3, 0.4) is 0 Å². The van der Waals surface area contributed by atoms with Crippen molar-refractivity contribution in [1.29, 1.82) is 0 Å². The first-order chi connectivity index (χ1) is 18.3. The van der Waals surface area contributed by atoms with Crippen LogP contribution in [0.15, 0.2) is 105 Å². The maximum atomic E-state index is 13.2. The van der Waals surface area contributed by atoms with Gasteiger partial charge in [0, 0.05) is 17.0 Å². The molecule has 0 fully saturated rings. The van der Waals surface area contributed by atoms with Gasteiger partial charge >= 0.3 is 0 Å². The van der Waals surface area contributed by atoms with Crippen LogP contribution in [-0.4, -0.2) is 33.0 Å². The number of hydrogen-bond acceptors (Lipinski definition) is 6. The van der Waals surface area contributed by atoms with Gasteiger partial charge < -0.3 is 15.1 Å². The van der Waals surface area contributed by atoms with Crippen molar-refractivity contribution in [2.24, 2.45) is 0 Å². The van der Waals surface area contributed by atoms with Crippen molar-refractivity contribution in [3.8, 4) is 0 Å². The number of carbonyl (C=O) groups is 2. The number of hydrogen-bond donors (Lipinski definition) is 2. The molecule has 38 heavy (non-hydrogen) atoms. The number of furan rings is 1. The van der Waals surface area contributed by atoms with Crippen LogP contribution in [0.5, 0.6) is 0 Å². The Bertz CT molecular complexity index is 1500. The molecule has 10 heteroatoms. The Morgan fingerprint density at radius 1 is 0.895 bits per heavy atom. The highest BCUT2D eigenvalue weighted by Crippen LogP contribution is 2.26. The standard InChI is InChI=1S/C28H27N3O5S2/c1-3-31(38(34,35)24-16-14-23(37-2)15-17-24)21-12-10-20(11-13-21)27(32)30-26-9-5-4-8-25(26)28(33)29-19-22-7-6-18-36-22/h4-18H,3,19H2,1-2H3,(H,29,33)(H,30,32). The van der Waals surface area contributed by atoms with E-state index in [-0.39, 0.29) is 23.9 Å². The predicted octanol–water partition coefficient (Wildman–Crippen LogP) is 5.40. The van der Waals surface area contributed by atoms with Crippen molar-refractivity contribution in [3.05, 3.63) is 108 Å². The van der Waals surface area contributed by atoms with Crippen molar-refractivity contribution in [1.82, 2.24) is 5.32 Å². The second kappa shape index (κ2) is 12.0. The number of carbonyl (C=O) groups excluding carboxylic acids is 2. The summed E-state index contributed by atoms with van der Waals surface area (Å²) in [5.74, 6) is -0.177. The van der Waals surface area contributed by atoms with Crippen LogP contribution in [0.25, 0.3) is 0 Å². The van der Waals surface area contributed by atoms with Gasteiger partial charge in [-0.05, 0) is 86.0 Å². The van der Waals surface area contributed by atoms with Gasteiger partial charge in [-0.15, -0.1) is 11.8 Å². The molecule has 2 amide bonds. The number of amides is 2. The lowest BCUT2D eigenvalue weighted by Crippen LogP contribution is -2.30. The summed E-state index contributed by atoms with van der Waals surface area (Å²) in [6.45, 7) is 2.19. The molecule has 0 saturated carbocycles. The summed E-state index contributed by atoms with van der Waals surface area (Å²) >= 11 is 1.54. The Hall–Kier alpha value is -4.02. The zero-order chi connectivity index (χ0) is 27.1. The number of anilines is 2. The van der Waals surface area contributed by atoms with Crippen molar-refractivity contribution in [2.75, 3.05) is 22.4 Å². The Balaban J connectivity index is 1.48. The van der Waals surface area contributed by atoms with E-state index in [0.29, 0.717) is 28.3 Å². The average molecular weight is 550 g/mol.